The molecule has 4 nitrogen and oxygen atoms in total. The van der Waals surface area contributed by atoms with Crippen molar-refractivity contribution in [3.05, 3.63) is 29.8 Å². The first-order valence-corrected chi connectivity index (χ1v) is 7.29. The van der Waals surface area contributed by atoms with Crippen LogP contribution in [0.2, 0.25) is 0 Å². The zero-order valence-electron chi connectivity index (χ0n) is 9.51. The van der Waals surface area contributed by atoms with Crippen LogP contribution in [0.15, 0.2) is 29.2 Å². The molecule has 1 aromatic rings. The molecule has 0 aliphatic heterocycles. The van der Waals surface area contributed by atoms with E-state index < -0.39 is 21.2 Å². The van der Waals surface area contributed by atoms with Gasteiger partial charge in [0.15, 0.2) is 9.84 Å². The summed E-state index contributed by atoms with van der Waals surface area (Å²) in [6.07, 6.45) is 3.15. The molecule has 0 unspecified atom stereocenters. The Bertz CT molecular complexity index is 556. The zero-order chi connectivity index (χ0) is 12.7. The number of rotatable bonds is 3. The largest absolute Gasteiger partial charge is 0.481 e. The number of hydrogen-bond donors (Lipinski definition) is 1. The minimum atomic E-state index is -3.29. The lowest BCUT2D eigenvalue weighted by Crippen LogP contribution is -2.42. The SMILES string of the molecule is CS(=O)(=O)c1cccc(C2(C(=O)O)CCC2)c1. The second-order valence-electron chi connectivity index (χ2n) is 4.54. The average Bonchev–Trinajstić information content (AvgIpc) is 2.14. The van der Waals surface area contributed by atoms with Gasteiger partial charge in [0, 0.05) is 6.26 Å². The van der Waals surface area contributed by atoms with Crippen LogP contribution >= 0.6 is 0 Å². The molecule has 1 saturated carbocycles. The summed E-state index contributed by atoms with van der Waals surface area (Å²) < 4.78 is 22.9. The number of benzene rings is 1. The normalized spacial score (nSPS) is 18.4. The van der Waals surface area contributed by atoms with E-state index >= 15 is 0 Å². The van der Waals surface area contributed by atoms with Crippen molar-refractivity contribution in [1.29, 1.82) is 0 Å². The van der Waals surface area contributed by atoms with E-state index in [-0.39, 0.29) is 4.90 Å². The van der Waals surface area contributed by atoms with Gasteiger partial charge in [0.1, 0.15) is 0 Å². The van der Waals surface area contributed by atoms with E-state index in [1.54, 1.807) is 12.1 Å². The van der Waals surface area contributed by atoms with Crippen molar-refractivity contribution in [2.45, 2.75) is 29.6 Å². The Labute approximate surface area is 100 Å². The Hall–Kier alpha value is -1.36. The maximum Gasteiger partial charge on any atom is 0.314 e. The van der Waals surface area contributed by atoms with Gasteiger partial charge in [-0.1, -0.05) is 18.6 Å². The van der Waals surface area contributed by atoms with E-state index in [1.807, 2.05) is 0 Å². The topological polar surface area (TPSA) is 71.4 Å². The lowest BCUT2D eigenvalue weighted by molar-refractivity contribution is -0.147. The summed E-state index contributed by atoms with van der Waals surface area (Å²) in [4.78, 5) is 11.5. The first kappa shape index (κ1) is 12.1. The van der Waals surface area contributed by atoms with Crippen LogP contribution in [0.3, 0.4) is 0 Å². The first-order chi connectivity index (χ1) is 7.86. The number of carbonyl (C=O) groups is 1. The van der Waals surface area contributed by atoms with Crippen LogP contribution in [-0.4, -0.2) is 25.7 Å². The summed E-state index contributed by atoms with van der Waals surface area (Å²) in [6, 6.07) is 6.28. The fraction of sp³-hybridized carbons (Fsp3) is 0.417. The summed E-state index contributed by atoms with van der Waals surface area (Å²) in [7, 11) is -3.29. The Morgan fingerprint density at radius 2 is 2.00 bits per heavy atom. The van der Waals surface area contributed by atoms with Gasteiger partial charge in [0.2, 0.25) is 0 Å². The monoisotopic (exact) mass is 254 g/mol. The summed E-state index contributed by atoms with van der Waals surface area (Å²) in [5.41, 5.74) is -0.278. The van der Waals surface area contributed by atoms with Gasteiger partial charge in [-0.05, 0) is 30.5 Å². The van der Waals surface area contributed by atoms with Gasteiger partial charge in [0.05, 0.1) is 10.3 Å². The number of carboxylic acids is 1. The van der Waals surface area contributed by atoms with Crippen molar-refractivity contribution in [3.8, 4) is 0 Å². The summed E-state index contributed by atoms with van der Waals surface area (Å²) in [5.74, 6) is -0.866. The van der Waals surface area contributed by atoms with Gasteiger partial charge in [-0.15, -0.1) is 0 Å². The quantitative estimate of drug-likeness (QED) is 0.889. The van der Waals surface area contributed by atoms with E-state index in [9.17, 15) is 18.3 Å². The molecule has 1 N–H and O–H groups in total. The van der Waals surface area contributed by atoms with Crippen molar-refractivity contribution < 1.29 is 18.3 Å². The Morgan fingerprint density at radius 1 is 1.35 bits per heavy atom. The number of carboxylic acid groups (broad SMARTS) is 1. The molecule has 92 valence electrons. The number of aliphatic carboxylic acids is 1. The molecule has 0 spiro atoms. The van der Waals surface area contributed by atoms with E-state index in [2.05, 4.69) is 0 Å². The average molecular weight is 254 g/mol. The summed E-state index contributed by atoms with van der Waals surface area (Å²) in [5, 5.41) is 9.28. The van der Waals surface area contributed by atoms with Gasteiger partial charge >= 0.3 is 5.97 Å². The number of hydrogen-bond acceptors (Lipinski definition) is 3. The van der Waals surface area contributed by atoms with E-state index in [0.717, 1.165) is 12.7 Å². The molecule has 5 heteroatoms. The minimum Gasteiger partial charge on any atom is -0.481 e. The van der Waals surface area contributed by atoms with Crippen LogP contribution in [0, 0.1) is 0 Å². The van der Waals surface area contributed by atoms with Crippen molar-refractivity contribution in [3.63, 3.8) is 0 Å². The van der Waals surface area contributed by atoms with Crippen LogP contribution in [-0.2, 0) is 20.0 Å². The van der Waals surface area contributed by atoms with Gasteiger partial charge in [-0.2, -0.15) is 0 Å². The standard InChI is InChI=1S/C12H14O4S/c1-17(15,16)10-5-2-4-9(8-10)12(11(13)14)6-3-7-12/h2,4-5,8H,3,6-7H2,1H3,(H,13,14). The Kier molecular flexibility index (Phi) is 2.73. The molecule has 1 fully saturated rings. The second-order valence-corrected chi connectivity index (χ2v) is 6.56. The molecule has 0 radical (unpaired) electrons. The van der Waals surface area contributed by atoms with Crippen LogP contribution in [0.5, 0.6) is 0 Å². The maximum atomic E-state index is 11.4. The fourth-order valence-electron chi connectivity index (χ4n) is 2.18. The highest BCUT2D eigenvalue weighted by atomic mass is 32.2. The third-order valence-electron chi connectivity index (χ3n) is 3.43. The lowest BCUT2D eigenvalue weighted by Gasteiger charge is -2.38. The van der Waals surface area contributed by atoms with E-state index in [4.69, 9.17) is 0 Å². The van der Waals surface area contributed by atoms with E-state index in [0.29, 0.717) is 18.4 Å². The second kappa shape index (κ2) is 3.84. The van der Waals surface area contributed by atoms with Gasteiger partial charge in [-0.3, -0.25) is 4.79 Å². The highest BCUT2D eigenvalue weighted by molar-refractivity contribution is 7.90. The maximum absolute atomic E-state index is 11.4. The molecule has 1 aliphatic carbocycles. The Balaban J connectivity index is 2.50. The van der Waals surface area contributed by atoms with Crippen LogP contribution in [0.4, 0.5) is 0 Å². The molecule has 0 heterocycles. The molecular formula is C12H14O4S. The lowest BCUT2D eigenvalue weighted by atomic mass is 9.64. The first-order valence-electron chi connectivity index (χ1n) is 5.40. The van der Waals surface area contributed by atoms with Crippen molar-refractivity contribution in [2.24, 2.45) is 0 Å². The molecule has 1 aromatic carbocycles. The van der Waals surface area contributed by atoms with Gasteiger partial charge < -0.3 is 5.11 Å². The molecule has 0 bridgehead atoms. The van der Waals surface area contributed by atoms with Crippen LogP contribution < -0.4 is 0 Å². The smallest absolute Gasteiger partial charge is 0.314 e. The van der Waals surface area contributed by atoms with E-state index in [1.165, 1.54) is 12.1 Å². The zero-order valence-corrected chi connectivity index (χ0v) is 10.3. The molecule has 0 amide bonds. The summed E-state index contributed by atoms with van der Waals surface area (Å²) >= 11 is 0. The molecule has 0 saturated heterocycles. The molecule has 17 heavy (non-hydrogen) atoms. The Morgan fingerprint density at radius 3 is 2.41 bits per heavy atom. The van der Waals surface area contributed by atoms with Crippen LogP contribution in [0.1, 0.15) is 24.8 Å². The van der Waals surface area contributed by atoms with Crippen molar-refractivity contribution >= 4 is 15.8 Å². The van der Waals surface area contributed by atoms with Crippen molar-refractivity contribution in [1.82, 2.24) is 0 Å². The van der Waals surface area contributed by atoms with Gasteiger partial charge in [0.25, 0.3) is 0 Å². The molecule has 1 aliphatic rings. The highest BCUT2D eigenvalue weighted by Crippen LogP contribution is 2.44. The predicted molar refractivity (Wildman–Crippen MR) is 62.7 cm³/mol. The number of sulfone groups is 1. The molecule has 0 atom stereocenters. The third-order valence-corrected chi connectivity index (χ3v) is 4.54. The van der Waals surface area contributed by atoms with Gasteiger partial charge in [-0.25, -0.2) is 8.42 Å². The highest BCUT2D eigenvalue weighted by Gasteiger charge is 2.46. The minimum absolute atomic E-state index is 0.183. The fourth-order valence-corrected chi connectivity index (χ4v) is 2.85. The van der Waals surface area contributed by atoms with Crippen molar-refractivity contribution in [2.75, 3.05) is 6.26 Å². The summed E-state index contributed by atoms with van der Waals surface area (Å²) in [6.45, 7) is 0. The molecule has 0 aromatic heterocycles. The molecule has 2 rings (SSSR count). The third kappa shape index (κ3) is 1.95. The van der Waals surface area contributed by atoms with Crippen LogP contribution in [0.25, 0.3) is 0 Å². The predicted octanol–water partition coefficient (Wildman–Crippen LogP) is 1.60. The molecular weight excluding hydrogens is 240 g/mol.